The first-order chi connectivity index (χ1) is 13.4. The monoisotopic (exact) mass is 405 g/mol. The van der Waals surface area contributed by atoms with Gasteiger partial charge in [-0.2, -0.15) is 18.3 Å². The Hall–Kier alpha value is -3.16. The van der Waals surface area contributed by atoms with Crippen molar-refractivity contribution in [2.24, 2.45) is 5.10 Å². The minimum Gasteiger partial charge on any atom is -0.318 e. The summed E-state index contributed by atoms with van der Waals surface area (Å²) in [4.78, 5) is 23.2. The van der Waals surface area contributed by atoms with Gasteiger partial charge in [0, 0.05) is 11.3 Å². The molecule has 0 bridgehead atoms. The number of nitrogens with one attached hydrogen (secondary N) is 2. The van der Waals surface area contributed by atoms with E-state index < -0.39 is 12.1 Å². The van der Waals surface area contributed by atoms with Gasteiger partial charge in [-0.25, -0.2) is 5.43 Å². The molecule has 5 nitrogen and oxygen atoms in total. The van der Waals surface area contributed by atoms with Crippen molar-refractivity contribution >= 4 is 23.2 Å². The average Bonchev–Trinajstić information content (AvgIpc) is 2.65. The Kier molecular flexibility index (Phi) is 6.46. The van der Waals surface area contributed by atoms with E-state index in [1.54, 1.807) is 24.4 Å². The third-order valence-corrected chi connectivity index (χ3v) is 4.16. The molecule has 0 radical (unpaired) electrons. The van der Waals surface area contributed by atoms with E-state index in [-0.39, 0.29) is 17.0 Å². The van der Waals surface area contributed by atoms with Crippen LogP contribution in [-0.2, 0) is 10.2 Å². The van der Waals surface area contributed by atoms with Crippen molar-refractivity contribution in [1.29, 1.82) is 0 Å². The number of anilines is 1. The number of hydrazone groups is 1. The zero-order valence-corrected chi connectivity index (χ0v) is 16.5. The van der Waals surface area contributed by atoms with Gasteiger partial charge >= 0.3 is 12.1 Å². The number of rotatable bonds is 4. The molecule has 29 heavy (non-hydrogen) atoms. The van der Waals surface area contributed by atoms with Crippen LogP contribution in [0.2, 0.25) is 0 Å². The molecule has 0 aliphatic carbocycles. The lowest BCUT2D eigenvalue weighted by atomic mass is 9.87. The number of nitrogens with zero attached hydrogens (tertiary/aromatic N) is 1. The van der Waals surface area contributed by atoms with Crippen LogP contribution in [0.25, 0.3) is 0 Å². The molecule has 2 amide bonds. The minimum atomic E-state index is -4.95. The van der Waals surface area contributed by atoms with Gasteiger partial charge in [-0.05, 0) is 47.7 Å². The van der Waals surface area contributed by atoms with E-state index >= 15 is 0 Å². The van der Waals surface area contributed by atoms with Gasteiger partial charge in [0.15, 0.2) is 0 Å². The second-order valence-electron chi connectivity index (χ2n) is 7.49. The maximum absolute atomic E-state index is 12.3. The van der Waals surface area contributed by atoms with Crippen molar-refractivity contribution in [3.05, 3.63) is 65.2 Å². The molecule has 0 atom stereocenters. The van der Waals surface area contributed by atoms with E-state index in [0.717, 1.165) is 5.56 Å². The van der Waals surface area contributed by atoms with Gasteiger partial charge in [-0.1, -0.05) is 45.0 Å². The number of carbonyl (C=O) groups is 2. The summed E-state index contributed by atoms with van der Waals surface area (Å²) in [6.45, 7) is 7.88. The van der Waals surface area contributed by atoms with Crippen LogP contribution in [0.1, 0.15) is 49.2 Å². The van der Waals surface area contributed by atoms with Crippen LogP contribution < -0.4 is 10.7 Å². The highest BCUT2D eigenvalue weighted by Crippen LogP contribution is 2.22. The highest BCUT2D eigenvalue weighted by Gasteiger charge is 2.38. The molecule has 0 aliphatic heterocycles. The molecule has 0 saturated heterocycles. The van der Waals surface area contributed by atoms with Crippen LogP contribution in [0.5, 0.6) is 0 Å². The Morgan fingerprint density at radius 1 is 0.862 bits per heavy atom. The van der Waals surface area contributed by atoms with Crippen LogP contribution >= 0.6 is 0 Å². The average molecular weight is 405 g/mol. The Balaban J connectivity index is 2.02. The summed E-state index contributed by atoms with van der Waals surface area (Å²) in [5, 5.41) is 5.78. The van der Waals surface area contributed by atoms with E-state index in [0.29, 0.717) is 16.8 Å². The lowest BCUT2D eigenvalue weighted by Gasteiger charge is -2.18. The van der Waals surface area contributed by atoms with Crippen molar-refractivity contribution in [2.45, 2.75) is 39.3 Å². The van der Waals surface area contributed by atoms with E-state index in [4.69, 9.17) is 0 Å². The van der Waals surface area contributed by atoms with Gasteiger partial charge in [0.2, 0.25) is 0 Å². The van der Waals surface area contributed by atoms with Gasteiger partial charge < -0.3 is 5.32 Å². The molecule has 154 valence electrons. The maximum atomic E-state index is 12.3. The SMILES string of the molecule is C/C(=N/NC(=O)c1ccc(C(C)(C)C)cc1)c1ccc(NC(=O)C(F)(F)F)cc1. The van der Waals surface area contributed by atoms with Crippen molar-refractivity contribution < 1.29 is 22.8 Å². The van der Waals surface area contributed by atoms with Crippen molar-refractivity contribution in [3.8, 4) is 0 Å². The summed E-state index contributed by atoms with van der Waals surface area (Å²) >= 11 is 0. The van der Waals surface area contributed by atoms with Crippen molar-refractivity contribution in [1.82, 2.24) is 5.43 Å². The third-order valence-electron chi connectivity index (χ3n) is 4.16. The first kappa shape index (κ1) is 22.1. The zero-order valence-electron chi connectivity index (χ0n) is 16.5. The normalized spacial score (nSPS) is 12.4. The number of amides is 2. The molecule has 2 aromatic carbocycles. The number of carbonyl (C=O) groups excluding carboxylic acids is 2. The standard InChI is InChI=1S/C21H22F3N3O2/c1-13(14-7-11-17(12-8-14)25-19(29)21(22,23)24)26-27-18(28)15-5-9-16(10-6-15)20(2,3)4/h5-12H,1-4H3,(H,25,29)(H,27,28)/b26-13-. The topological polar surface area (TPSA) is 70.6 Å². The Morgan fingerprint density at radius 3 is 1.86 bits per heavy atom. The first-order valence-electron chi connectivity index (χ1n) is 8.82. The van der Waals surface area contributed by atoms with Crippen LogP contribution in [0, 0.1) is 0 Å². The Morgan fingerprint density at radius 2 is 1.38 bits per heavy atom. The molecule has 2 aromatic rings. The summed E-state index contributed by atoms with van der Waals surface area (Å²) in [6.07, 6.45) is -4.95. The Bertz CT molecular complexity index is 910. The van der Waals surface area contributed by atoms with Gasteiger partial charge in [-0.15, -0.1) is 0 Å². The van der Waals surface area contributed by atoms with E-state index in [1.807, 2.05) is 12.1 Å². The molecule has 0 fully saturated rings. The third kappa shape index (κ3) is 6.17. The molecular formula is C21H22F3N3O2. The molecule has 0 aliphatic rings. The first-order valence-corrected chi connectivity index (χ1v) is 8.82. The second-order valence-corrected chi connectivity index (χ2v) is 7.49. The highest BCUT2D eigenvalue weighted by atomic mass is 19.4. The van der Waals surface area contributed by atoms with Crippen LogP contribution in [0.4, 0.5) is 18.9 Å². The smallest absolute Gasteiger partial charge is 0.318 e. The van der Waals surface area contributed by atoms with E-state index in [2.05, 4.69) is 31.3 Å². The highest BCUT2D eigenvalue weighted by molar-refractivity contribution is 6.01. The number of benzene rings is 2. The molecule has 8 heteroatoms. The lowest BCUT2D eigenvalue weighted by molar-refractivity contribution is -0.167. The largest absolute Gasteiger partial charge is 0.471 e. The fraction of sp³-hybridized carbons (Fsp3) is 0.286. The summed E-state index contributed by atoms with van der Waals surface area (Å²) in [7, 11) is 0. The lowest BCUT2D eigenvalue weighted by Crippen LogP contribution is -2.29. The predicted molar refractivity (Wildman–Crippen MR) is 106 cm³/mol. The van der Waals surface area contributed by atoms with Crippen molar-refractivity contribution in [2.75, 3.05) is 5.32 Å². The quantitative estimate of drug-likeness (QED) is 0.575. The summed E-state index contributed by atoms with van der Waals surface area (Å²) in [5.74, 6) is -2.42. The summed E-state index contributed by atoms with van der Waals surface area (Å²) in [5.41, 5.74) is 5.04. The van der Waals surface area contributed by atoms with Crippen LogP contribution in [0.15, 0.2) is 53.6 Å². The molecule has 2 rings (SSSR count). The fourth-order valence-electron chi connectivity index (χ4n) is 2.38. The second kappa shape index (κ2) is 8.46. The molecular weight excluding hydrogens is 383 g/mol. The van der Waals surface area contributed by atoms with Crippen LogP contribution in [-0.4, -0.2) is 23.7 Å². The van der Waals surface area contributed by atoms with Gasteiger partial charge in [-0.3, -0.25) is 9.59 Å². The molecule has 2 N–H and O–H groups in total. The predicted octanol–water partition coefficient (Wildman–Crippen LogP) is 4.64. The number of halogens is 3. The molecule has 0 saturated carbocycles. The molecule has 0 aromatic heterocycles. The summed E-state index contributed by atoms with van der Waals surface area (Å²) in [6, 6.07) is 12.9. The Labute approximate surface area is 167 Å². The van der Waals surface area contributed by atoms with Crippen molar-refractivity contribution in [3.63, 3.8) is 0 Å². The fourth-order valence-corrected chi connectivity index (χ4v) is 2.38. The van der Waals surface area contributed by atoms with E-state index in [9.17, 15) is 22.8 Å². The van der Waals surface area contributed by atoms with E-state index in [1.165, 1.54) is 24.3 Å². The number of alkyl halides is 3. The molecule has 0 heterocycles. The molecule has 0 spiro atoms. The number of hydrogen-bond donors (Lipinski definition) is 2. The van der Waals surface area contributed by atoms with Gasteiger partial charge in [0.05, 0.1) is 5.71 Å². The molecule has 0 unspecified atom stereocenters. The minimum absolute atomic E-state index is 0.00634. The van der Waals surface area contributed by atoms with Gasteiger partial charge in [0.25, 0.3) is 5.91 Å². The van der Waals surface area contributed by atoms with Gasteiger partial charge in [0.1, 0.15) is 0 Å². The summed E-state index contributed by atoms with van der Waals surface area (Å²) < 4.78 is 36.8. The van der Waals surface area contributed by atoms with Crippen LogP contribution in [0.3, 0.4) is 0 Å². The zero-order chi connectivity index (χ0) is 21.8. The number of hydrogen-bond acceptors (Lipinski definition) is 3. The maximum Gasteiger partial charge on any atom is 0.471 e.